The van der Waals surface area contributed by atoms with Gasteiger partial charge in [0.1, 0.15) is 0 Å². The summed E-state index contributed by atoms with van der Waals surface area (Å²) in [6.07, 6.45) is 1.78. The van der Waals surface area contributed by atoms with E-state index in [0.29, 0.717) is 6.54 Å². The lowest BCUT2D eigenvalue weighted by Crippen LogP contribution is -2.43. The Kier molecular flexibility index (Phi) is 6.29. The van der Waals surface area contributed by atoms with E-state index in [-0.39, 0.29) is 18.9 Å². The Labute approximate surface area is 136 Å². The minimum absolute atomic E-state index is 0.0738. The third-order valence-electron chi connectivity index (χ3n) is 4.28. The second-order valence-corrected chi connectivity index (χ2v) is 5.69. The Morgan fingerprint density at radius 1 is 1.22 bits per heavy atom. The largest absolute Gasteiger partial charge is 0.395 e. The summed E-state index contributed by atoms with van der Waals surface area (Å²) in [7, 11) is 1.53. The molecule has 23 heavy (non-hydrogen) atoms. The van der Waals surface area contributed by atoms with E-state index in [2.05, 4.69) is 5.32 Å². The molecule has 0 saturated carbocycles. The molecular weight excluding hydrogens is 296 g/mol. The smallest absolute Gasteiger partial charge is 0.221 e. The number of hydrogen-bond donors (Lipinski definition) is 4. The molecule has 1 saturated heterocycles. The molecule has 1 fully saturated rings. The van der Waals surface area contributed by atoms with Gasteiger partial charge >= 0.3 is 0 Å². The van der Waals surface area contributed by atoms with Gasteiger partial charge in [0.25, 0.3) is 0 Å². The van der Waals surface area contributed by atoms with Crippen LogP contribution in [0.15, 0.2) is 36.4 Å². The number of amides is 1. The van der Waals surface area contributed by atoms with Gasteiger partial charge in [-0.05, 0) is 5.56 Å². The van der Waals surface area contributed by atoms with E-state index in [4.69, 9.17) is 0 Å². The van der Waals surface area contributed by atoms with Gasteiger partial charge in [-0.2, -0.15) is 0 Å². The van der Waals surface area contributed by atoms with Gasteiger partial charge < -0.3 is 20.6 Å². The first-order chi connectivity index (χ1) is 11.1. The van der Waals surface area contributed by atoms with E-state index >= 15 is 0 Å². The molecule has 0 aromatic heterocycles. The standard InChI is InChI=1S/C17H24N2O4/c1-18-15(21)10-13-16(22)17(23)14(11-20)19(13)9-5-8-12-6-3-2-4-7-12/h2-8,13-14,16-17,20,22-23H,9-11H2,1H3,(H,18,21)/b8-5+/t13?,14-,16-,17-/m1/s1. The van der Waals surface area contributed by atoms with Crippen molar-refractivity contribution in [3.8, 4) is 0 Å². The lowest BCUT2D eigenvalue weighted by molar-refractivity contribution is -0.122. The highest BCUT2D eigenvalue weighted by atomic mass is 16.3. The second-order valence-electron chi connectivity index (χ2n) is 5.69. The Morgan fingerprint density at radius 3 is 2.48 bits per heavy atom. The summed E-state index contributed by atoms with van der Waals surface area (Å²) in [5.41, 5.74) is 1.04. The van der Waals surface area contributed by atoms with Crippen LogP contribution in [0.25, 0.3) is 6.08 Å². The van der Waals surface area contributed by atoms with Crippen molar-refractivity contribution >= 4 is 12.0 Å². The lowest BCUT2D eigenvalue weighted by Gasteiger charge is -2.28. The molecule has 6 heteroatoms. The maximum Gasteiger partial charge on any atom is 0.221 e. The van der Waals surface area contributed by atoms with Crippen LogP contribution >= 0.6 is 0 Å². The molecule has 1 aliphatic heterocycles. The van der Waals surface area contributed by atoms with E-state index in [9.17, 15) is 20.1 Å². The molecule has 6 nitrogen and oxygen atoms in total. The number of nitrogens with zero attached hydrogens (tertiary/aromatic N) is 1. The second kappa shape index (κ2) is 8.21. The number of benzene rings is 1. The first-order valence-corrected chi connectivity index (χ1v) is 7.73. The van der Waals surface area contributed by atoms with Gasteiger partial charge in [-0.15, -0.1) is 0 Å². The fourth-order valence-corrected chi connectivity index (χ4v) is 2.98. The van der Waals surface area contributed by atoms with E-state index in [0.717, 1.165) is 5.56 Å². The number of nitrogens with one attached hydrogen (secondary N) is 1. The van der Waals surface area contributed by atoms with Crippen molar-refractivity contribution in [3.05, 3.63) is 42.0 Å². The molecule has 126 valence electrons. The van der Waals surface area contributed by atoms with Gasteiger partial charge in [-0.25, -0.2) is 0 Å². The molecule has 2 rings (SSSR count). The molecule has 4 atom stereocenters. The molecule has 0 spiro atoms. The number of aliphatic hydroxyl groups excluding tert-OH is 3. The third kappa shape index (κ3) is 4.17. The topological polar surface area (TPSA) is 93.0 Å². The summed E-state index contributed by atoms with van der Waals surface area (Å²) in [6, 6.07) is 8.64. The summed E-state index contributed by atoms with van der Waals surface area (Å²) < 4.78 is 0. The predicted octanol–water partition coefficient (Wildman–Crippen LogP) is -0.397. The maximum absolute atomic E-state index is 11.6. The summed E-state index contributed by atoms with van der Waals surface area (Å²) in [5.74, 6) is -0.211. The Morgan fingerprint density at radius 2 is 1.87 bits per heavy atom. The zero-order valence-corrected chi connectivity index (χ0v) is 13.2. The first kappa shape index (κ1) is 17.6. The van der Waals surface area contributed by atoms with Gasteiger partial charge in [-0.1, -0.05) is 42.5 Å². The summed E-state index contributed by atoms with van der Waals surface area (Å²) in [4.78, 5) is 13.4. The Bertz CT molecular complexity index is 535. The van der Waals surface area contributed by atoms with Crippen LogP contribution in [-0.2, 0) is 4.79 Å². The highest BCUT2D eigenvalue weighted by Gasteiger charge is 2.47. The highest BCUT2D eigenvalue weighted by Crippen LogP contribution is 2.27. The third-order valence-corrected chi connectivity index (χ3v) is 4.28. The van der Waals surface area contributed by atoms with Crippen LogP contribution in [0.3, 0.4) is 0 Å². The van der Waals surface area contributed by atoms with Crippen LogP contribution < -0.4 is 5.32 Å². The molecule has 1 unspecified atom stereocenters. The van der Waals surface area contributed by atoms with Crippen molar-refractivity contribution < 1.29 is 20.1 Å². The highest BCUT2D eigenvalue weighted by molar-refractivity contribution is 5.76. The van der Waals surface area contributed by atoms with E-state index in [1.165, 1.54) is 7.05 Å². The number of rotatable bonds is 6. The molecular formula is C17H24N2O4. The summed E-state index contributed by atoms with van der Waals surface area (Å²) >= 11 is 0. The Balaban J connectivity index is 2.10. The van der Waals surface area contributed by atoms with Crippen molar-refractivity contribution in [1.29, 1.82) is 0 Å². The number of likely N-dealkylation sites (tertiary alicyclic amines) is 1. The van der Waals surface area contributed by atoms with Crippen molar-refractivity contribution in [2.24, 2.45) is 0 Å². The predicted molar refractivity (Wildman–Crippen MR) is 87.5 cm³/mol. The molecule has 1 aliphatic rings. The van der Waals surface area contributed by atoms with Gasteiger partial charge in [-0.3, -0.25) is 9.69 Å². The zero-order chi connectivity index (χ0) is 16.8. The molecule has 1 amide bonds. The monoisotopic (exact) mass is 320 g/mol. The van der Waals surface area contributed by atoms with Crippen molar-refractivity contribution in [2.45, 2.75) is 30.7 Å². The average molecular weight is 320 g/mol. The molecule has 4 N–H and O–H groups in total. The van der Waals surface area contributed by atoms with Gasteiger partial charge in [0.15, 0.2) is 0 Å². The van der Waals surface area contributed by atoms with Crippen molar-refractivity contribution in [2.75, 3.05) is 20.2 Å². The Hall–Kier alpha value is -1.73. The van der Waals surface area contributed by atoms with Crippen LogP contribution in [0.5, 0.6) is 0 Å². The van der Waals surface area contributed by atoms with Gasteiger partial charge in [0, 0.05) is 26.1 Å². The fourth-order valence-electron chi connectivity index (χ4n) is 2.98. The maximum atomic E-state index is 11.6. The summed E-state index contributed by atoms with van der Waals surface area (Å²) in [5, 5.41) is 32.3. The van der Waals surface area contributed by atoms with E-state index < -0.39 is 24.3 Å². The van der Waals surface area contributed by atoms with Gasteiger partial charge in [0.05, 0.1) is 24.9 Å². The molecule has 1 aromatic rings. The molecule has 0 aliphatic carbocycles. The van der Waals surface area contributed by atoms with E-state index in [1.54, 1.807) is 4.90 Å². The van der Waals surface area contributed by atoms with Crippen LogP contribution in [-0.4, -0.2) is 70.6 Å². The van der Waals surface area contributed by atoms with E-state index in [1.807, 2.05) is 42.5 Å². The molecule has 0 radical (unpaired) electrons. The van der Waals surface area contributed by atoms with Crippen LogP contribution in [0.2, 0.25) is 0 Å². The minimum Gasteiger partial charge on any atom is -0.395 e. The van der Waals surface area contributed by atoms with Crippen molar-refractivity contribution in [3.63, 3.8) is 0 Å². The van der Waals surface area contributed by atoms with Gasteiger partial charge in [0.2, 0.25) is 5.91 Å². The zero-order valence-electron chi connectivity index (χ0n) is 13.2. The fraction of sp³-hybridized carbons (Fsp3) is 0.471. The van der Waals surface area contributed by atoms with Crippen LogP contribution in [0, 0.1) is 0 Å². The lowest BCUT2D eigenvalue weighted by atomic mass is 10.1. The molecule has 0 bridgehead atoms. The van der Waals surface area contributed by atoms with Crippen molar-refractivity contribution in [1.82, 2.24) is 10.2 Å². The SMILES string of the molecule is CNC(=O)CC1[C@@H](O)[C@H](O)[C@@H](CO)N1C/C=C/c1ccccc1. The number of carbonyl (C=O) groups excluding carboxylic acids is 1. The van der Waals surface area contributed by atoms with Crippen LogP contribution in [0.4, 0.5) is 0 Å². The number of hydrogen-bond acceptors (Lipinski definition) is 5. The number of aliphatic hydroxyl groups is 3. The normalized spacial score (nSPS) is 28.3. The van der Waals surface area contributed by atoms with Crippen LogP contribution in [0.1, 0.15) is 12.0 Å². The average Bonchev–Trinajstić information content (AvgIpc) is 2.80. The number of carbonyl (C=O) groups is 1. The molecule has 1 aromatic carbocycles. The molecule has 1 heterocycles. The minimum atomic E-state index is -1.07. The summed E-state index contributed by atoms with van der Waals surface area (Å²) in [6.45, 7) is 0.150. The first-order valence-electron chi connectivity index (χ1n) is 7.73. The quantitative estimate of drug-likeness (QED) is 0.572.